The molecule has 0 aromatic heterocycles. The Morgan fingerprint density at radius 2 is 1.82 bits per heavy atom. The summed E-state index contributed by atoms with van der Waals surface area (Å²) in [5.74, 6) is 0.655. The second-order valence-electron chi connectivity index (χ2n) is 6.40. The minimum absolute atomic E-state index is 0.102. The van der Waals surface area contributed by atoms with Gasteiger partial charge >= 0.3 is 0 Å². The van der Waals surface area contributed by atoms with E-state index < -0.39 is 5.91 Å². The van der Waals surface area contributed by atoms with Gasteiger partial charge in [0.05, 0.1) is 11.1 Å². The third kappa shape index (κ3) is 2.98. The smallest absolute Gasteiger partial charge is 0.254 e. The summed E-state index contributed by atoms with van der Waals surface area (Å²) in [6.07, 6.45) is 6.14. The fourth-order valence-electron chi connectivity index (χ4n) is 3.86. The van der Waals surface area contributed by atoms with E-state index in [9.17, 15) is 9.59 Å². The quantitative estimate of drug-likeness (QED) is 0.910. The molecule has 1 aliphatic carbocycles. The summed E-state index contributed by atoms with van der Waals surface area (Å²) in [5, 5.41) is 0.413. The Labute approximate surface area is 135 Å². The van der Waals surface area contributed by atoms with Gasteiger partial charge in [0.1, 0.15) is 0 Å². The summed E-state index contributed by atoms with van der Waals surface area (Å²) in [6.45, 7) is 1.56. The third-order valence-corrected chi connectivity index (χ3v) is 5.29. The van der Waals surface area contributed by atoms with Gasteiger partial charge in [-0.2, -0.15) is 0 Å². The molecule has 1 heterocycles. The first-order chi connectivity index (χ1) is 10.6. The van der Waals surface area contributed by atoms with Crippen LogP contribution in [-0.4, -0.2) is 29.8 Å². The number of likely N-dealkylation sites (tertiary alicyclic amines) is 1. The summed E-state index contributed by atoms with van der Waals surface area (Å²) in [5.41, 5.74) is 5.97. The van der Waals surface area contributed by atoms with Crippen LogP contribution in [0, 0.1) is 11.8 Å². The number of hydrogen-bond acceptors (Lipinski definition) is 2. The van der Waals surface area contributed by atoms with E-state index in [1.165, 1.54) is 31.7 Å². The van der Waals surface area contributed by atoms with Gasteiger partial charge in [-0.15, -0.1) is 0 Å². The highest BCUT2D eigenvalue weighted by molar-refractivity contribution is 6.31. The van der Waals surface area contributed by atoms with Crippen molar-refractivity contribution >= 4 is 23.4 Å². The van der Waals surface area contributed by atoms with Gasteiger partial charge in [-0.1, -0.05) is 30.9 Å². The van der Waals surface area contributed by atoms with Gasteiger partial charge in [0.2, 0.25) is 5.91 Å². The van der Waals surface area contributed by atoms with Gasteiger partial charge in [-0.25, -0.2) is 0 Å². The van der Waals surface area contributed by atoms with Crippen molar-refractivity contribution in [2.75, 3.05) is 13.1 Å². The minimum Gasteiger partial charge on any atom is -0.366 e. The van der Waals surface area contributed by atoms with Crippen LogP contribution in [0.25, 0.3) is 0 Å². The molecule has 0 spiro atoms. The number of nitrogens with zero attached hydrogens (tertiary/aromatic N) is 1. The predicted molar refractivity (Wildman–Crippen MR) is 85.9 cm³/mol. The molecule has 5 heteroatoms. The Morgan fingerprint density at radius 1 is 1.09 bits per heavy atom. The summed E-state index contributed by atoms with van der Waals surface area (Å²) >= 11 is 5.91. The highest BCUT2D eigenvalue weighted by Gasteiger charge is 2.34. The molecule has 4 nitrogen and oxygen atoms in total. The van der Waals surface area contributed by atoms with Crippen LogP contribution in [0.3, 0.4) is 0 Å². The first-order valence-corrected chi connectivity index (χ1v) is 8.32. The molecule has 2 amide bonds. The van der Waals surface area contributed by atoms with Crippen molar-refractivity contribution in [2.45, 2.75) is 32.1 Å². The molecule has 2 fully saturated rings. The van der Waals surface area contributed by atoms with Gasteiger partial charge in [0.25, 0.3) is 5.91 Å². The molecule has 22 heavy (non-hydrogen) atoms. The Bertz CT molecular complexity index is 602. The van der Waals surface area contributed by atoms with Crippen LogP contribution >= 0.6 is 11.6 Å². The number of rotatable bonds is 2. The van der Waals surface area contributed by atoms with Gasteiger partial charge in [0, 0.05) is 18.1 Å². The average Bonchev–Trinajstić information content (AvgIpc) is 2.53. The van der Waals surface area contributed by atoms with Crippen LogP contribution in [0.4, 0.5) is 0 Å². The molecule has 0 bridgehead atoms. The zero-order valence-electron chi connectivity index (χ0n) is 12.6. The number of piperidine rings is 1. The zero-order chi connectivity index (χ0) is 15.7. The maximum absolute atomic E-state index is 12.8. The van der Waals surface area contributed by atoms with E-state index in [0.29, 0.717) is 16.5 Å². The zero-order valence-corrected chi connectivity index (χ0v) is 13.3. The van der Waals surface area contributed by atoms with Crippen LogP contribution in [0.1, 0.15) is 52.8 Å². The molecule has 1 aromatic carbocycles. The lowest BCUT2D eigenvalue weighted by Gasteiger charge is -2.41. The lowest BCUT2D eigenvalue weighted by molar-refractivity contribution is 0.0518. The molecule has 3 rings (SSSR count). The molecule has 1 aromatic rings. The molecular formula is C17H21ClN2O2. The number of hydrogen-bond donors (Lipinski definition) is 1. The van der Waals surface area contributed by atoms with E-state index in [1.807, 2.05) is 4.90 Å². The Kier molecular flexibility index (Phi) is 4.39. The second kappa shape index (κ2) is 6.29. The van der Waals surface area contributed by atoms with E-state index in [-0.39, 0.29) is 11.5 Å². The lowest BCUT2D eigenvalue weighted by atomic mass is 9.75. The molecule has 1 aliphatic heterocycles. The number of carbonyl (C=O) groups excluding carboxylic acids is 2. The number of nitrogens with two attached hydrogens (primary N) is 1. The fraction of sp³-hybridized carbons (Fsp3) is 0.529. The van der Waals surface area contributed by atoms with Crippen LogP contribution in [0.2, 0.25) is 5.02 Å². The molecule has 2 N–H and O–H groups in total. The number of primary amides is 1. The molecular weight excluding hydrogens is 300 g/mol. The molecule has 118 valence electrons. The molecule has 1 saturated heterocycles. The van der Waals surface area contributed by atoms with Crippen LogP contribution in [0.15, 0.2) is 18.2 Å². The first-order valence-electron chi connectivity index (χ1n) is 7.95. The first kappa shape index (κ1) is 15.3. The summed E-state index contributed by atoms with van der Waals surface area (Å²) in [7, 11) is 0. The highest BCUT2D eigenvalue weighted by Crippen LogP contribution is 2.36. The van der Waals surface area contributed by atoms with E-state index >= 15 is 0 Å². The number of benzene rings is 1. The van der Waals surface area contributed by atoms with Crippen molar-refractivity contribution in [3.05, 3.63) is 34.3 Å². The van der Waals surface area contributed by atoms with Crippen LogP contribution in [0.5, 0.6) is 0 Å². The number of fused-ring (bicyclic) bond motifs is 1. The Balaban J connectivity index is 1.81. The normalized spacial score (nSPS) is 24.7. The molecule has 1 saturated carbocycles. The number of halogens is 1. The van der Waals surface area contributed by atoms with Crippen molar-refractivity contribution in [2.24, 2.45) is 17.6 Å². The van der Waals surface area contributed by atoms with E-state index in [4.69, 9.17) is 17.3 Å². The Hall–Kier alpha value is -1.55. The fourth-order valence-corrected chi connectivity index (χ4v) is 4.03. The second-order valence-corrected chi connectivity index (χ2v) is 6.84. The number of carbonyl (C=O) groups is 2. The summed E-state index contributed by atoms with van der Waals surface area (Å²) in [6, 6.07) is 4.72. The van der Waals surface area contributed by atoms with Crippen molar-refractivity contribution in [1.82, 2.24) is 4.90 Å². The highest BCUT2D eigenvalue weighted by atomic mass is 35.5. The van der Waals surface area contributed by atoms with E-state index in [0.717, 1.165) is 25.4 Å². The Morgan fingerprint density at radius 3 is 2.55 bits per heavy atom. The lowest BCUT2D eigenvalue weighted by Crippen LogP contribution is -2.45. The third-order valence-electron chi connectivity index (χ3n) is 5.06. The summed E-state index contributed by atoms with van der Waals surface area (Å²) in [4.78, 5) is 26.2. The maximum Gasteiger partial charge on any atom is 0.254 e. The topological polar surface area (TPSA) is 63.4 Å². The van der Waals surface area contributed by atoms with Crippen LogP contribution in [-0.2, 0) is 0 Å². The molecule has 2 aliphatic rings. The van der Waals surface area contributed by atoms with Crippen molar-refractivity contribution in [3.63, 3.8) is 0 Å². The van der Waals surface area contributed by atoms with Gasteiger partial charge in [0.15, 0.2) is 0 Å². The van der Waals surface area contributed by atoms with E-state index in [1.54, 1.807) is 12.1 Å². The predicted octanol–water partition coefficient (Wildman–Crippen LogP) is 3.09. The molecule has 2 unspecified atom stereocenters. The molecule has 0 radical (unpaired) electrons. The minimum atomic E-state index is -0.613. The van der Waals surface area contributed by atoms with Crippen LogP contribution < -0.4 is 5.73 Å². The standard InChI is InChI=1S/C17H21ClN2O2/c18-13-5-6-14(15(9-13)16(19)21)17(22)20-8-7-11-3-1-2-4-12(11)10-20/h5-6,9,11-12H,1-4,7-8,10H2,(H2,19,21). The van der Waals surface area contributed by atoms with Crippen molar-refractivity contribution < 1.29 is 9.59 Å². The van der Waals surface area contributed by atoms with Gasteiger partial charge < -0.3 is 10.6 Å². The average molecular weight is 321 g/mol. The molecule has 2 atom stereocenters. The monoisotopic (exact) mass is 320 g/mol. The SMILES string of the molecule is NC(=O)c1cc(Cl)ccc1C(=O)N1CCC2CCCCC2C1. The largest absolute Gasteiger partial charge is 0.366 e. The van der Waals surface area contributed by atoms with Crippen molar-refractivity contribution in [3.8, 4) is 0 Å². The van der Waals surface area contributed by atoms with Gasteiger partial charge in [-0.3, -0.25) is 9.59 Å². The summed E-state index contributed by atoms with van der Waals surface area (Å²) < 4.78 is 0. The van der Waals surface area contributed by atoms with Gasteiger partial charge in [-0.05, 0) is 42.9 Å². The maximum atomic E-state index is 12.8. The van der Waals surface area contributed by atoms with E-state index in [2.05, 4.69) is 0 Å². The number of amides is 2. The van der Waals surface area contributed by atoms with Crippen molar-refractivity contribution in [1.29, 1.82) is 0 Å².